The van der Waals surface area contributed by atoms with Gasteiger partial charge in [-0.3, -0.25) is 0 Å². The molecule has 27 heavy (non-hydrogen) atoms. The monoisotopic (exact) mass is 384 g/mol. The van der Waals surface area contributed by atoms with Crippen molar-refractivity contribution in [2.24, 2.45) is 0 Å². The minimum absolute atomic E-state index is 0.0820. The van der Waals surface area contributed by atoms with Gasteiger partial charge < -0.3 is 18.8 Å². The van der Waals surface area contributed by atoms with E-state index in [0.717, 1.165) is 23.5 Å². The SMILES string of the molecule is CCC1COC(Cn2ccnc2)(c2ccc(Oc3ccc(Cl)cc3)cc2)O1. The van der Waals surface area contributed by atoms with Gasteiger partial charge in [0.25, 0.3) is 0 Å². The Morgan fingerprint density at radius 3 is 2.44 bits per heavy atom. The van der Waals surface area contributed by atoms with E-state index in [1.54, 1.807) is 24.7 Å². The minimum Gasteiger partial charge on any atom is -0.457 e. The number of hydrogen-bond acceptors (Lipinski definition) is 4. The molecule has 0 saturated carbocycles. The van der Waals surface area contributed by atoms with Crippen molar-refractivity contribution in [1.29, 1.82) is 0 Å². The van der Waals surface area contributed by atoms with Crippen LogP contribution in [0.3, 0.4) is 0 Å². The molecule has 1 fully saturated rings. The molecule has 0 spiro atoms. The van der Waals surface area contributed by atoms with Crippen molar-refractivity contribution in [3.63, 3.8) is 0 Å². The largest absolute Gasteiger partial charge is 0.457 e. The van der Waals surface area contributed by atoms with Gasteiger partial charge in [0.1, 0.15) is 11.5 Å². The fourth-order valence-electron chi connectivity index (χ4n) is 3.13. The Kier molecular flexibility index (Phi) is 5.16. The van der Waals surface area contributed by atoms with E-state index in [9.17, 15) is 0 Å². The zero-order chi connectivity index (χ0) is 18.7. The topological polar surface area (TPSA) is 45.5 Å². The average Bonchev–Trinajstić information content (AvgIpc) is 3.35. The number of ether oxygens (including phenoxy) is 3. The standard InChI is InChI=1S/C21H21ClN2O3/c1-2-18-13-25-21(27-18,14-24-12-11-23-15-24)16-3-7-19(8-4-16)26-20-9-5-17(22)6-10-20/h3-12,15,18H,2,13-14H2,1H3. The summed E-state index contributed by atoms with van der Waals surface area (Å²) in [6, 6.07) is 15.1. The minimum atomic E-state index is -0.819. The summed E-state index contributed by atoms with van der Waals surface area (Å²) in [6.45, 7) is 3.22. The summed E-state index contributed by atoms with van der Waals surface area (Å²) >= 11 is 5.92. The first-order valence-corrected chi connectivity index (χ1v) is 9.36. The van der Waals surface area contributed by atoms with E-state index >= 15 is 0 Å². The van der Waals surface area contributed by atoms with Gasteiger partial charge in [0.2, 0.25) is 5.79 Å². The first kappa shape index (κ1) is 18.0. The third-order valence-electron chi connectivity index (χ3n) is 4.61. The van der Waals surface area contributed by atoms with E-state index in [-0.39, 0.29) is 6.10 Å². The number of aromatic nitrogens is 2. The Morgan fingerprint density at radius 2 is 1.85 bits per heavy atom. The third-order valence-corrected chi connectivity index (χ3v) is 4.86. The van der Waals surface area contributed by atoms with Gasteiger partial charge in [-0.1, -0.05) is 18.5 Å². The van der Waals surface area contributed by atoms with Gasteiger partial charge in [-0.2, -0.15) is 0 Å². The van der Waals surface area contributed by atoms with Crippen LogP contribution in [0.4, 0.5) is 0 Å². The lowest BCUT2D eigenvalue weighted by atomic mass is 10.1. The van der Waals surface area contributed by atoms with Gasteiger partial charge in [0, 0.05) is 23.0 Å². The van der Waals surface area contributed by atoms with E-state index in [4.69, 9.17) is 25.8 Å². The average molecular weight is 385 g/mol. The summed E-state index contributed by atoms with van der Waals surface area (Å²) < 4.78 is 20.3. The zero-order valence-corrected chi connectivity index (χ0v) is 15.8. The highest BCUT2D eigenvalue weighted by Gasteiger charge is 2.43. The van der Waals surface area contributed by atoms with Crippen molar-refractivity contribution >= 4 is 11.6 Å². The fraction of sp³-hybridized carbons (Fsp3) is 0.286. The lowest BCUT2D eigenvalue weighted by molar-refractivity contribution is -0.187. The maximum Gasteiger partial charge on any atom is 0.213 e. The molecule has 2 heterocycles. The first-order valence-electron chi connectivity index (χ1n) is 8.98. The van der Waals surface area contributed by atoms with Gasteiger partial charge in [-0.05, 0) is 55.0 Å². The summed E-state index contributed by atoms with van der Waals surface area (Å²) in [7, 11) is 0. The molecule has 0 radical (unpaired) electrons. The molecule has 1 aliphatic rings. The molecular weight excluding hydrogens is 364 g/mol. The van der Waals surface area contributed by atoms with E-state index in [0.29, 0.717) is 18.2 Å². The van der Waals surface area contributed by atoms with Crippen molar-refractivity contribution in [3.8, 4) is 11.5 Å². The second kappa shape index (κ2) is 7.72. The van der Waals surface area contributed by atoms with Crippen molar-refractivity contribution in [2.75, 3.05) is 6.61 Å². The fourth-order valence-corrected chi connectivity index (χ4v) is 3.25. The molecule has 0 bridgehead atoms. The van der Waals surface area contributed by atoms with Crippen molar-refractivity contribution in [3.05, 3.63) is 77.8 Å². The Labute approximate surface area is 163 Å². The summed E-state index contributed by atoms with van der Waals surface area (Å²) in [6.07, 6.45) is 6.42. The van der Waals surface area contributed by atoms with Crippen LogP contribution >= 0.6 is 11.6 Å². The molecule has 2 unspecified atom stereocenters. The van der Waals surface area contributed by atoms with Crippen LogP contribution in [0.1, 0.15) is 18.9 Å². The molecule has 1 aromatic heterocycles. The Morgan fingerprint density at radius 1 is 1.15 bits per heavy atom. The van der Waals surface area contributed by atoms with E-state index in [2.05, 4.69) is 11.9 Å². The van der Waals surface area contributed by atoms with Crippen LogP contribution in [0, 0.1) is 0 Å². The highest BCUT2D eigenvalue weighted by atomic mass is 35.5. The zero-order valence-electron chi connectivity index (χ0n) is 15.0. The third kappa shape index (κ3) is 4.00. The predicted molar refractivity (Wildman–Crippen MR) is 103 cm³/mol. The molecule has 0 N–H and O–H groups in total. The van der Waals surface area contributed by atoms with Crippen LogP contribution in [0.25, 0.3) is 0 Å². The van der Waals surface area contributed by atoms with Crippen LogP contribution in [-0.4, -0.2) is 22.3 Å². The molecule has 2 aromatic carbocycles. The Hall–Kier alpha value is -2.34. The van der Waals surface area contributed by atoms with Crippen molar-refractivity contribution < 1.29 is 14.2 Å². The number of benzene rings is 2. The predicted octanol–water partition coefficient (Wildman–Crippen LogP) is 5.01. The quantitative estimate of drug-likeness (QED) is 0.599. The lowest BCUT2D eigenvalue weighted by Gasteiger charge is -2.29. The van der Waals surface area contributed by atoms with Crippen LogP contribution in [0.15, 0.2) is 67.3 Å². The van der Waals surface area contributed by atoms with Gasteiger partial charge in [0.05, 0.1) is 25.6 Å². The molecule has 0 amide bonds. The smallest absolute Gasteiger partial charge is 0.213 e. The number of imidazole rings is 1. The van der Waals surface area contributed by atoms with Gasteiger partial charge in [0.15, 0.2) is 0 Å². The van der Waals surface area contributed by atoms with Gasteiger partial charge in [-0.25, -0.2) is 4.98 Å². The van der Waals surface area contributed by atoms with Crippen LogP contribution in [-0.2, 0) is 21.8 Å². The highest BCUT2D eigenvalue weighted by molar-refractivity contribution is 6.30. The maximum absolute atomic E-state index is 6.30. The van der Waals surface area contributed by atoms with Crippen molar-refractivity contribution in [2.45, 2.75) is 31.8 Å². The number of hydrogen-bond donors (Lipinski definition) is 0. The highest BCUT2D eigenvalue weighted by Crippen LogP contribution is 2.38. The second-order valence-electron chi connectivity index (χ2n) is 6.53. The Bertz CT molecular complexity index is 865. The van der Waals surface area contributed by atoms with Crippen LogP contribution < -0.4 is 4.74 Å². The molecule has 6 heteroatoms. The second-order valence-corrected chi connectivity index (χ2v) is 6.96. The Balaban J connectivity index is 1.56. The maximum atomic E-state index is 6.30. The van der Waals surface area contributed by atoms with E-state index in [1.165, 1.54) is 0 Å². The summed E-state index contributed by atoms with van der Waals surface area (Å²) in [5.41, 5.74) is 0.954. The van der Waals surface area contributed by atoms with E-state index < -0.39 is 5.79 Å². The molecule has 0 aliphatic carbocycles. The normalized spacial score (nSPS) is 22.1. The molecule has 3 aromatic rings. The summed E-state index contributed by atoms with van der Waals surface area (Å²) in [5, 5.41) is 0.681. The first-order chi connectivity index (χ1) is 13.2. The van der Waals surface area contributed by atoms with Gasteiger partial charge >= 0.3 is 0 Å². The molecule has 140 valence electrons. The molecule has 1 aliphatic heterocycles. The molecule has 4 rings (SSSR count). The molecule has 2 atom stereocenters. The number of halogens is 1. The summed E-state index contributed by atoms with van der Waals surface area (Å²) in [4.78, 5) is 4.12. The van der Waals surface area contributed by atoms with Crippen LogP contribution in [0.5, 0.6) is 11.5 Å². The van der Waals surface area contributed by atoms with Crippen LogP contribution in [0.2, 0.25) is 5.02 Å². The van der Waals surface area contributed by atoms with Crippen molar-refractivity contribution in [1.82, 2.24) is 9.55 Å². The van der Waals surface area contributed by atoms with E-state index in [1.807, 2.05) is 47.2 Å². The van der Waals surface area contributed by atoms with Gasteiger partial charge in [-0.15, -0.1) is 0 Å². The molecule has 1 saturated heterocycles. The number of rotatable bonds is 6. The molecular formula is C21H21ClN2O3. The number of nitrogens with zero attached hydrogens (tertiary/aromatic N) is 2. The summed E-state index contributed by atoms with van der Waals surface area (Å²) in [5.74, 6) is 0.656. The molecule has 5 nitrogen and oxygen atoms in total. The lowest BCUT2D eigenvalue weighted by Crippen LogP contribution is -2.33.